The molecule has 0 aliphatic heterocycles. The Labute approximate surface area is 103 Å². The summed E-state index contributed by atoms with van der Waals surface area (Å²) in [6, 6.07) is 2.43. The largest absolute Gasteiger partial charge is 0.478 e. The van der Waals surface area contributed by atoms with E-state index in [1.54, 1.807) is 0 Å². The second-order valence-corrected chi connectivity index (χ2v) is 4.64. The second-order valence-electron chi connectivity index (χ2n) is 4.64. The fourth-order valence-electron chi connectivity index (χ4n) is 2.11. The zero-order chi connectivity index (χ0) is 12.3. The third-order valence-electron chi connectivity index (χ3n) is 3.02. The minimum atomic E-state index is 0.561. The number of hydrogen-bond donors (Lipinski definition) is 1. The Balaban J connectivity index is 1.96. The lowest BCUT2D eigenvalue weighted by Crippen LogP contribution is -2.09. The highest BCUT2D eigenvalue weighted by Crippen LogP contribution is 2.36. The van der Waals surface area contributed by atoms with E-state index in [0.29, 0.717) is 24.5 Å². The van der Waals surface area contributed by atoms with Crippen LogP contribution in [0, 0.1) is 12.8 Å². The van der Waals surface area contributed by atoms with Crippen molar-refractivity contribution >= 4 is 5.95 Å². The van der Waals surface area contributed by atoms with Crippen molar-refractivity contribution in [3.05, 3.63) is 11.8 Å². The van der Waals surface area contributed by atoms with Crippen LogP contribution in [0.2, 0.25) is 0 Å². The van der Waals surface area contributed by atoms with Gasteiger partial charge in [0.05, 0.1) is 6.61 Å². The first kappa shape index (κ1) is 12.1. The predicted octanol–water partition coefficient (Wildman–Crippen LogP) is 2.78. The minimum absolute atomic E-state index is 0.561. The van der Waals surface area contributed by atoms with Crippen LogP contribution in [0.3, 0.4) is 0 Å². The van der Waals surface area contributed by atoms with Gasteiger partial charge >= 0.3 is 0 Å². The lowest BCUT2D eigenvalue weighted by atomic mass is 10.2. The summed E-state index contributed by atoms with van der Waals surface area (Å²) >= 11 is 0. The Morgan fingerprint density at radius 1 is 1.41 bits per heavy atom. The summed E-state index contributed by atoms with van der Waals surface area (Å²) in [5.74, 6) is 2.17. The quantitative estimate of drug-likeness (QED) is 0.823. The van der Waals surface area contributed by atoms with Gasteiger partial charge in [-0.25, -0.2) is 4.98 Å². The molecule has 2 unspecified atom stereocenters. The van der Waals surface area contributed by atoms with Gasteiger partial charge in [-0.1, -0.05) is 13.3 Å². The minimum Gasteiger partial charge on any atom is -0.478 e. The number of ether oxygens (including phenoxy) is 1. The van der Waals surface area contributed by atoms with E-state index in [0.717, 1.165) is 11.6 Å². The fraction of sp³-hybridized carbons (Fsp3) is 0.692. The van der Waals surface area contributed by atoms with Crippen LogP contribution in [0.25, 0.3) is 0 Å². The SMILES string of the molecule is CCCC1CC1Nc1nc(C)cc(OCC)n1. The third kappa shape index (κ3) is 3.32. The summed E-state index contributed by atoms with van der Waals surface area (Å²) in [6.07, 6.45) is 3.79. The van der Waals surface area contributed by atoms with Crippen molar-refractivity contribution in [3.63, 3.8) is 0 Å². The zero-order valence-corrected chi connectivity index (χ0v) is 10.9. The Morgan fingerprint density at radius 3 is 2.94 bits per heavy atom. The molecule has 0 aromatic carbocycles. The smallest absolute Gasteiger partial charge is 0.226 e. The maximum absolute atomic E-state index is 5.41. The molecule has 0 amide bonds. The molecule has 1 aliphatic carbocycles. The predicted molar refractivity (Wildman–Crippen MR) is 68.4 cm³/mol. The number of rotatable bonds is 6. The molecule has 1 fully saturated rings. The van der Waals surface area contributed by atoms with E-state index in [1.807, 2.05) is 19.9 Å². The molecule has 17 heavy (non-hydrogen) atoms. The first-order valence-corrected chi connectivity index (χ1v) is 6.48. The van der Waals surface area contributed by atoms with E-state index in [-0.39, 0.29) is 0 Å². The van der Waals surface area contributed by atoms with Gasteiger partial charge in [0.25, 0.3) is 0 Å². The summed E-state index contributed by atoms with van der Waals surface area (Å²) in [5.41, 5.74) is 0.943. The van der Waals surface area contributed by atoms with Crippen molar-refractivity contribution in [2.45, 2.75) is 46.1 Å². The molecule has 2 atom stereocenters. The van der Waals surface area contributed by atoms with Crippen LogP contribution in [0.15, 0.2) is 6.07 Å². The number of nitrogens with one attached hydrogen (secondary N) is 1. The first-order chi connectivity index (χ1) is 8.22. The van der Waals surface area contributed by atoms with Gasteiger partial charge in [0.2, 0.25) is 11.8 Å². The number of aryl methyl sites for hydroxylation is 1. The average Bonchev–Trinajstić information content (AvgIpc) is 2.96. The van der Waals surface area contributed by atoms with Crippen molar-refractivity contribution in [2.24, 2.45) is 5.92 Å². The zero-order valence-electron chi connectivity index (χ0n) is 10.9. The van der Waals surface area contributed by atoms with Gasteiger partial charge in [0, 0.05) is 17.8 Å². The van der Waals surface area contributed by atoms with Gasteiger partial charge in [-0.3, -0.25) is 0 Å². The van der Waals surface area contributed by atoms with Crippen molar-refractivity contribution < 1.29 is 4.74 Å². The Kier molecular flexibility index (Phi) is 3.82. The molecule has 1 saturated carbocycles. The summed E-state index contributed by atoms with van der Waals surface area (Å²) in [4.78, 5) is 8.74. The normalized spacial score (nSPS) is 22.3. The van der Waals surface area contributed by atoms with Crippen LogP contribution in [0.5, 0.6) is 5.88 Å². The van der Waals surface area contributed by atoms with Crippen molar-refractivity contribution in [1.82, 2.24) is 9.97 Å². The first-order valence-electron chi connectivity index (χ1n) is 6.48. The molecule has 1 aliphatic rings. The van der Waals surface area contributed by atoms with E-state index in [2.05, 4.69) is 22.2 Å². The van der Waals surface area contributed by atoms with Crippen LogP contribution in [-0.2, 0) is 0 Å². The van der Waals surface area contributed by atoms with Gasteiger partial charge < -0.3 is 10.1 Å². The van der Waals surface area contributed by atoms with E-state index >= 15 is 0 Å². The molecule has 1 aromatic heterocycles. The molecule has 94 valence electrons. The van der Waals surface area contributed by atoms with Crippen LogP contribution in [-0.4, -0.2) is 22.6 Å². The fourth-order valence-corrected chi connectivity index (χ4v) is 2.11. The monoisotopic (exact) mass is 235 g/mol. The van der Waals surface area contributed by atoms with E-state index in [4.69, 9.17) is 4.74 Å². The highest BCUT2D eigenvalue weighted by molar-refractivity contribution is 5.33. The summed E-state index contributed by atoms with van der Waals surface area (Å²) < 4.78 is 5.41. The van der Waals surface area contributed by atoms with Gasteiger partial charge in [0.1, 0.15) is 0 Å². The molecule has 0 bridgehead atoms. The molecule has 4 heteroatoms. The molecule has 4 nitrogen and oxygen atoms in total. The van der Waals surface area contributed by atoms with E-state index in [1.165, 1.54) is 19.3 Å². The lowest BCUT2D eigenvalue weighted by molar-refractivity contribution is 0.326. The van der Waals surface area contributed by atoms with Gasteiger partial charge in [0.15, 0.2) is 0 Å². The van der Waals surface area contributed by atoms with Crippen molar-refractivity contribution in [2.75, 3.05) is 11.9 Å². The molecule has 1 aromatic rings. The number of nitrogens with zero attached hydrogens (tertiary/aromatic N) is 2. The molecule has 1 N–H and O–H groups in total. The molecule has 0 radical (unpaired) electrons. The van der Waals surface area contributed by atoms with Crippen molar-refractivity contribution in [1.29, 1.82) is 0 Å². The highest BCUT2D eigenvalue weighted by atomic mass is 16.5. The topological polar surface area (TPSA) is 47.0 Å². The van der Waals surface area contributed by atoms with E-state index in [9.17, 15) is 0 Å². The van der Waals surface area contributed by atoms with Crippen LogP contribution < -0.4 is 10.1 Å². The summed E-state index contributed by atoms with van der Waals surface area (Å²) in [7, 11) is 0. The number of anilines is 1. The van der Waals surface area contributed by atoms with Gasteiger partial charge in [-0.15, -0.1) is 0 Å². The van der Waals surface area contributed by atoms with Gasteiger partial charge in [-0.05, 0) is 32.6 Å². The standard InChI is InChI=1S/C13H21N3O/c1-4-6-10-8-11(10)15-13-14-9(3)7-12(16-13)17-5-2/h7,10-11H,4-6,8H2,1-3H3,(H,14,15,16). The van der Waals surface area contributed by atoms with Crippen molar-refractivity contribution in [3.8, 4) is 5.88 Å². The maximum Gasteiger partial charge on any atom is 0.226 e. The van der Waals surface area contributed by atoms with Crippen LogP contribution >= 0.6 is 0 Å². The second kappa shape index (κ2) is 5.34. The summed E-state index contributed by atoms with van der Waals surface area (Å²) in [5, 5.41) is 3.39. The third-order valence-corrected chi connectivity index (χ3v) is 3.02. The average molecular weight is 235 g/mol. The summed E-state index contributed by atoms with van der Waals surface area (Å²) in [6.45, 7) is 6.79. The Morgan fingerprint density at radius 2 is 2.24 bits per heavy atom. The Bertz CT molecular complexity index is 381. The Hall–Kier alpha value is -1.32. The molecular weight excluding hydrogens is 214 g/mol. The number of aromatic nitrogens is 2. The molecule has 2 rings (SSSR count). The molecule has 0 spiro atoms. The molecule has 1 heterocycles. The highest BCUT2D eigenvalue weighted by Gasteiger charge is 2.36. The maximum atomic E-state index is 5.41. The molecule has 0 saturated heterocycles. The molecular formula is C13H21N3O. The van der Waals surface area contributed by atoms with Crippen LogP contribution in [0.1, 0.15) is 38.8 Å². The van der Waals surface area contributed by atoms with E-state index < -0.39 is 0 Å². The van der Waals surface area contributed by atoms with Crippen LogP contribution in [0.4, 0.5) is 5.95 Å². The number of hydrogen-bond acceptors (Lipinski definition) is 4. The lowest BCUT2D eigenvalue weighted by Gasteiger charge is -2.08. The van der Waals surface area contributed by atoms with Gasteiger partial charge in [-0.2, -0.15) is 4.98 Å².